The molecule has 6 rings (SSSR count). The van der Waals surface area contributed by atoms with E-state index in [1.165, 1.54) is 22.9 Å². The molecule has 1 amide bonds. The molecular formula is C28H25N5O2S. The fourth-order valence-electron chi connectivity index (χ4n) is 5.03. The molecule has 1 unspecified atom stereocenters. The molecule has 0 fully saturated rings. The number of thioether (sulfide) groups is 1. The first kappa shape index (κ1) is 22.5. The summed E-state index contributed by atoms with van der Waals surface area (Å²) in [4.78, 5) is 28.7. The zero-order chi connectivity index (χ0) is 24.8. The minimum Gasteiger partial charge on any atom is -0.308 e. The summed E-state index contributed by atoms with van der Waals surface area (Å²) < 4.78 is 3.48. The number of hydrogen-bond acceptors (Lipinski definition) is 5. The summed E-state index contributed by atoms with van der Waals surface area (Å²) in [5.74, 6) is 0.678. The molecule has 3 aromatic carbocycles. The van der Waals surface area contributed by atoms with E-state index in [9.17, 15) is 9.59 Å². The Balaban J connectivity index is 1.41. The average Bonchev–Trinajstić information content (AvgIpc) is 3.48. The van der Waals surface area contributed by atoms with Gasteiger partial charge in [0.2, 0.25) is 11.7 Å². The molecule has 36 heavy (non-hydrogen) atoms. The van der Waals surface area contributed by atoms with Crippen molar-refractivity contribution >= 4 is 40.0 Å². The summed E-state index contributed by atoms with van der Waals surface area (Å²) in [6.45, 7) is 4.17. The Labute approximate surface area is 212 Å². The van der Waals surface area contributed by atoms with Crippen LogP contribution in [0.5, 0.6) is 0 Å². The van der Waals surface area contributed by atoms with Crippen LogP contribution in [-0.2, 0) is 17.6 Å². The van der Waals surface area contributed by atoms with E-state index in [4.69, 9.17) is 0 Å². The van der Waals surface area contributed by atoms with Gasteiger partial charge < -0.3 is 4.90 Å². The van der Waals surface area contributed by atoms with Gasteiger partial charge in [-0.15, -0.1) is 10.2 Å². The van der Waals surface area contributed by atoms with Gasteiger partial charge in [0.15, 0.2) is 5.16 Å². The smallest absolute Gasteiger partial charge is 0.267 e. The van der Waals surface area contributed by atoms with Crippen LogP contribution in [0.15, 0.2) is 82.7 Å². The number of amides is 1. The predicted octanol–water partition coefficient (Wildman–Crippen LogP) is 4.67. The number of benzene rings is 3. The van der Waals surface area contributed by atoms with Gasteiger partial charge in [0, 0.05) is 11.7 Å². The monoisotopic (exact) mass is 495 g/mol. The Morgan fingerprint density at radius 1 is 1.00 bits per heavy atom. The van der Waals surface area contributed by atoms with Crippen molar-refractivity contribution in [2.75, 3.05) is 10.7 Å². The molecule has 1 atom stereocenters. The van der Waals surface area contributed by atoms with Crippen molar-refractivity contribution in [3.05, 3.63) is 94.3 Å². The first-order valence-electron chi connectivity index (χ1n) is 12.1. The standard InChI is InChI=1S/C28H25N5O2S/c1-3-19-12-14-21(15-13-19)32-26(35)22-9-5-7-11-24(22)33-27(32)29-30-28(33)36-17-25(34)31-18(2)16-20-8-4-6-10-23(20)31/h4-15,18H,3,16-17H2,1-2H3. The van der Waals surface area contributed by atoms with Gasteiger partial charge in [-0.3, -0.25) is 14.0 Å². The van der Waals surface area contributed by atoms with Crippen LogP contribution in [0.3, 0.4) is 0 Å². The minimum atomic E-state index is -0.148. The molecule has 1 aliphatic rings. The number of rotatable bonds is 5. The predicted molar refractivity (Wildman–Crippen MR) is 143 cm³/mol. The van der Waals surface area contributed by atoms with E-state index >= 15 is 0 Å². The van der Waals surface area contributed by atoms with E-state index < -0.39 is 0 Å². The summed E-state index contributed by atoms with van der Waals surface area (Å²) >= 11 is 1.34. The Bertz CT molecular complexity index is 1670. The Hall–Kier alpha value is -3.91. The third-order valence-corrected chi connectivity index (χ3v) is 7.71. The number of aromatic nitrogens is 4. The Morgan fingerprint density at radius 3 is 2.56 bits per heavy atom. The van der Waals surface area contributed by atoms with E-state index in [-0.39, 0.29) is 23.3 Å². The molecule has 8 heteroatoms. The zero-order valence-corrected chi connectivity index (χ0v) is 20.9. The number of carbonyl (C=O) groups is 1. The van der Waals surface area contributed by atoms with E-state index in [0.717, 1.165) is 29.7 Å². The fourth-order valence-corrected chi connectivity index (χ4v) is 5.83. The molecule has 0 saturated heterocycles. The highest BCUT2D eigenvalue weighted by atomic mass is 32.2. The second-order valence-electron chi connectivity index (χ2n) is 9.03. The number of fused-ring (bicyclic) bond motifs is 4. The molecule has 0 N–H and O–H groups in total. The highest BCUT2D eigenvalue weighted by molar-refractivity contribution is 7.99. The summed E-state index contributed by atoms with van der Waals surface area (Å²) in [5, 5.41) is 9.97. The highest BCUT2D eigenvalue weighted by Gasteiger charge is 2.30. The third kappa shape index (κ3) is 3.60. The van der Waals surface area contributed by atoms with Gasteiger partial charge in [0.05, 0.1) is 22.3 Å². The first-order valence-corrected chi connectivity index (χ1v) is 13.1. The molecule has 1 aliphatic heterocycles. The lowest BCUT2D eigenvalue weighted by molar-refractivity contribution is -0.116. The second-order valence-corrected chi connectivity index (χ2v) is 9.97. The summed E-state index contributed by atoms with van der Waals surface area (Å²) in [6, 6.07) is 23.5. The maximum absolute atomic E-state index is 13.5. The summed E-state index contributed by atoms with van der Waals surface area (Å²) in [6.07, 6.45) is 1.77. The Kier molecular flexibility index (Phi) is 5.60. The average molecular weight is 496 g/mol. The molecule has 0 saturated carbocycles. The van der Waals surface area contributed by atoms with Crippen molar-refractivity contribution in [3.63, 3.8) is 0 Å². The topological polar surface area (TPSA) is 72.5 Å². The summed E-state index contributed by atoms with van der Waals surface area (Å²) in [5.41, 5.74) is 4.67. The number of aryl methyl sites for hydroxylation is 1. The van der Waals surface area contributed by atoms with Gasteiger partial charge in [0.1, 0.15) is 0 Å². The number of hydrogen-bond donors (Lipinski definition) is 0. The number of anilines is 1. The maximum atomic E-state index is 13.5. The molecule has 0 spiro atoms. The van der Waals surface area contributed by atoms with Gasteiger partial charge in [-0.05, 0) is 61.2 Å². The molecule has 180 valence electrons. The SMILES string of the molecule is CCc1ccc(-n2c(=O)c3ccccc3n3c(SCC(=O)N4c5ccccc5CC4C)nnc23)cc1. The molecule has 5 aromatic rings. The maximum Gasteiger partial charge on any atom is 0.267 e. The molecule has 0 radical (unpaired) electrons. The molecule has 0 aliphatic carbocycles. The number of nitrogens with zero attached hydrogens (tertiary/aromatic N) is 5. The Morgan fingerprint density at radius 2 is 1.75 bits per heavy atom. The lowest BCUT2D eigenvalue weighted by Crippen LogP contribution is -2.37. The van der Waals surface area contributed by atoms with E-state index in [1.54, 1.807) is 4.57 Å². The van der Waals surface area contributed by atoms with Crippen molar-refractivity contribution in [3.8, 4) is 5.69 Å². The second kappa shape index (κ2) is 8.95. The van der Waals surface area contributed by atoms with E-state index in [1.807, 2.05) is 76.0 Å². The van der Waals surface area contributed by atoms with Crippen LogP contribution in [0.1, 0.15) is 25.0 Å². The normalized spacial score (nSPS) is 15.1. The van der Waals surface area contributed by atoms with Crippen molar-refractivity contribution in [1.29, 1.82) is 0 Å². The quantitative estimate of drug-likeness (QED) is 0.332. The number of para-hydroxylation sites is 2. The van der Waals surface area contributed by atoms with Crippen molar-refractivity contribution < 1.29 is 4.79 Å². The van der Waals surface area contributed by atoms with Gasteiger partial charge in [0.25, 0.3) is 5.56 Å². The third-order valence-electron chi connectivity index (χ3n) is 6.80. The van der Waals surface area contributed by atoms with Gasteiger partial charge in [-0.2, -0.15) is 0 Å². The van der Waals surface area contributed by atoms with Crippen LogP contribution >= 0.6 is 11.8 Å². The van der Waals surface area contributed by atoms with E-state index in [2.05, 4.69) is 30.1 Å². The van der Waals surface area contributed by atoms with Crippen LogP contribution in [-0.4, -0.2) is 36.9 Å². The van der Waals surface area contributed by atoms with Crippen LogP contribution < -0.4 is 10.5 Å². The van der Waals surface area contributed by atoms with E-state index in [0.29, 0.717) is 16.3 Å². The molecular weight excluding hydrogens is 470 g/mol. The lowest BCUT2D eigenvalue weighted by Gasteiger charge is -2.22. The van der Waals surface area contributed by atoms with Gasteiger partial charge >= 0.3 is 0 Å². The molecule has 2 aromatic heterocycles. The number of carbonyl (C=O) groups excluding carboxylic acids is 1. The minimum absolute atomic E-state index is 0.0296. The zero-order valence-electron chi connectivity index (χ0n) is 20.1. The van der Waals surface area contributed by atoms with Crippen LogP contribution in [0.4, 0.5) is 5.69 Å². The fraction of sp³-hybridized carbons (Fsp3) is 0.214. The van der Waals surface area contributed by atoms with Crippen LogP contribution in [0.25, 0.3) is 22.4 Å². The summed E-state index contributed by atoms with van der Waals surface area (Å²) in [7, 11) is 0. The molecule has 7 nitrogen and oxygen atoms in total. The van der Waals surface area contributed by atoms with Crippen molar-refractivity contribution in [2.45, 2.75) is 37.9 Å². The highest BCUT2D eigenvalue weighted by Crippen LogP contribution is 2.33. The van der Waals surface area contributed by atoms with Gasteiger partial charge in [-0.25, -0.2) is 4.57 Å². The largest absolute Gasteiger partial charge is 0.308 e. The van der Waals surface area contributed by atoms with Crippen molar-refractivity contribution in [1.82, 2.24) is 19.2 Å². The van der Waals surface area contributed by atoms with Crippen molar-refractivity contribution in [2.24, 2.45) is 0 Å². The van der Waals surface area contributed by atoms with Crippen LogP contribution in [0.2, 0.25) is 0 Å². The molecule has 3 heterocycles. The van der Waals surface area contributed by atoms with Gasteiger partial charge in [-0.1, -0.05) is 61.2 Å². The lowest BCUT2D eigenvalue weighted by atomic mass is 10.1. The molecule has 0 bridgehead atoms. The first-order chi connectivity index (χ1) is 17.6. The van der Waals surface area contributed by atoms with Crippen LogP contribution in [0, 0.1) is 0 Å².